The summed E-state index contributed by atoms with van der Waals surface area (Å²) >= 11 is 1.63. The molecular formula is C16H22N4OS. The quantitative estimate of drug-likeness (QED) is 0.850. The molecule has 0 N–H and O–H groups in total. The Kier molecular flexibility index (Phi) is 5.24. The van der Waals surface area contributed by atoms with Crippen molar-refractivity contribution in [1.29, 1.82) is 0 Å². The summed E-state index contributed by atoms with van der Waals surface area (Å²) in [6.45, 7) is 8.60. The fourth-order valence-corrected chi connectivity index (χ4v) is 2.96. The van der Waals surface area contributed by atoms with Crippen LogP contribution >= 0.6 is 11.3 Å². The Morgan fingerprint density at radius 1 is 1.27 bits per heavy atom. The summed E-state index contributed by atoms with van der Waals surface area (Å²) in [6, 6.07) is 0. The maximum Gasteiger partial charge on any atom is 0.228 e. The Morgan fingerprint density at radius 3 is 2.41 bits per heavy atom. The number of hydrogen-bond donors (Lipinski definition) is 0. The molecule has 0 saturated carbocycles. The van der Waals surface area contributed by atoms with Crippen LogP contribution in [0, 0.1) is 13.8 Å². The molecule has 0 aliphatic carbocycles. The fourth-order valence-electron chi connectivity index (χ4n) is 2.12. The van der Waals surface area contributed by atoms with E-state index in [-0.39, 0.29) is 5.91 Å². The van der Waals surface area contributed by atoms with Gasteiger partial charge < -0.3 is 4.90 Å². The van der Waals surface area contributed by atoms with Crippen molar-refractivity contribution in [3.05, 3.63) is 39.4 Å². The second-order valence-electron chi connectivity index (χ2n) is 5.77. The van der Waals surface area contributed by atoms with Crippen LogP contribution in [0.2, 0.25) is 0 Å². The first kappa shape index (κ1) is 16.5. The van der Waals surface area contributed by atoms with Gasteiger partial charge in [0.15, 0.2) is 0 Å². The minimum absolute atomic E-state index is 0.0568. The molecule has 0 saturated heterocycles. The molecule has 0 aliphatic heterocycles. The van der Waals surface area contributed by atoms with Crippen molar-refractivity contribution in [3.63, 3.8) is 0 Å². The molecule has 0 aromatic carbocycles. The Balaban J connectivity index is 1.97. The van der Waals surface area contributed by atoms with Crippen LogP contribution in [0.1, 0.15) is 46.7 Å². The number of amides is 1. The van der Waals surface area contributed by atoms with Crippen LogP contribution in [0.25, 0.3) is 0 Å². The summed E-state index contributed by atoms with van der Waals surface area (Å²) in [5, 5.41) is 1.00. The molecule has 22 heavy (non-hydrogen) atoms. The molecule has 0 unspecified atom stereocenters. The summed E-state index contributed by atoms with van der Waals surface area (Å²) in [5.74, 6) is 1.19. The van der Waals surface area contributed by atoms with Crippen LogP contribution in [-0.2, 0) is 17.8 Å². The van der Waals surface area contributed by atoms with Crippen molar-refractivity contribution in [3.8, 4) is 0 Å². The summed E-state index contributed by atoms with van der Waals surface area (Å²) < 4.78 is 0. The third-order valence-electron chi connectivity index (χ3n) is 3.41. The van der Waals surface area contributed by atoms with E-state index in [2.05, 4.69) is 28.8 Å². The standard InChI is InChI=1S/C16H22N4OS/c1-10(2)16-17-7-13(8-18-16)9-20(5)15(21)6-14-11(3)22-12(4)19-14/h7-8,10H,6,9H2,1-5H3. The molecule has 118 valence electrons. The van der Waals surface area contributed by atoms with Crippen molar-refractivity contribution in [2.24, 2.45) is 0 Å². The predicted molar refractivity (Wildman–Crippen MR) is 87.9 cm³/mol. The molecule has 0 aliphatic rings. The minimum atomic E-state index is 0.0568. The largest absolute Gasteiger partial charge is 0.341 e. The van der Waals surface area contributed by atoms with E-state index in [1.165, 1.54) is 0 Å². The third kappa shape index (κ3) is 4.10. The monoisotopic (exact) mass is 318 g/mol. The van der Waals surface area contributed by atoms with E-state index in [9.17, 15) is 4.79 Å². The highest BCUT2D eigenvalue weighted by Gasteiger charge is 2.15. The summed E-state index contributed by atoms with van der Waals surface area (Å²) in [6.07, 6.45) is 3.94. The number of hydrogen-bond acceptors (Lipinski definition) is 5. The number of likely N-dealkylation sites (N-methyl/N-ethyl adjacent to an activating group) is 1. The zero-order chi connectivity index (χ0) is 16.3. The third-order valence-corrected chi connectivity index (χ3v) is 4.33. The number of carbonyl (C=O) groups is 1. The van der Waals surface area contributed by atoms with Gasteiger partial charge in [0.2, 0.25) is 5.91 Å². The number of aromatic nitrogens is 3. The van der Waals surface area contributed by atoms with Gasteiger partial charge in [0.25, 0.3) is 0 Å². The predicted octanol–water partition coefficient (Wildman–Crippen LogP) is 2.87. The zero-order valence-electron chi connectivity index (χ0n) is 13.8. The van der Waals surface area contributed by atoms with Gasteiger partial charge in [0, 0.05) is 42.3 Å². The van der Waals surface area contributed by atoms with E-state index in [0.29, 0.717) is 18.9 Å². The Hall–Kier alpha value is -1.82. The van der Waals surface area contributed by atoms with E-state index in [4.69, 9.17) is 0 Å². The smallest absolute Gasteiger partial charge is 0.228 e. The second-order valence-corrected chi connectivity index (χ2v) is 7.17. The number of thiazole rings is 1. The highest BCUT2D eigenvalue weighted by atomic mass is 32.1. The Labute approximate surface area is 135 Å². The van der Waals surface area contributed by atoms with E-state index in [1.807, 2.05) is 13.8 Å². The highest BCUT2D eigenvalue weighted by Crippen LogP contribution is 2.17. The van der Waals surface area contributed by atoms with E-state index >= 15 is 0 Å². The Bertz CT molecular complexity index is 649. The Morgan fingerprint density at radius 2 is 1.91 bits per heavy atom. The van der Waals surface area contributed by atoms with Crippen molar-refractivity contribution >= 4 is 17.2 Å². The van der Waals surface area contributed by atoms with E-state index in [0.717, 1.165) is 27.0 Å². The molecule has 0 atom stereocenters. The molecular weight excluding hydrogens is 296 g/mol. The lowest BCUT2D eigenvalue weighted by atomic mass is 10.2. The van der Waals surface area contributed by atoms with Crippen LogP contribution in [0.4, 0.5) is 0 Å². The maximum absolute atomic E-state index is 12.3. The zero-order valence-corrected chi connectivity index (χ0v) is 14.6. The molecule has 2 heterocycles. The van der Waals surface area contributed by atoms with Gasteiger partial charge in [0.1, 0.15) is 5.82 Å². The molecule has 0 fully saturated rings. The lowest BCUT2D eigenvalue weighted by Gasteiger charge is -2.17. The molecule has 2 rings (SSSR count). The average molecular weight is 318 g/mol. The van der Waals surface area contributed by atoms with Gasteiger partial charge in [-0.1, -0.05) is 13.8 Å². The molecule has 1 amide bonds. The number of rotatable bonds is 5. The number of aryl methyl sites for hydroxylation is 2. The first-order valence-electron chi connectivity index (χ1n) is 7.34. The van der Waals surface area contributed by atoms with E-state index in [1.54, 1.807) is 35.7 Å². The average Bonchev–Trinajstić information content (AvgIpc) is 2.77. The number of carbonyl (C=O) groups excluding carboxylic acids is 1. The molecule has 2 aromatic rings. The fraction of sp³-hybridized carbons (Fsp3) is 0.500. The topological polar surface area (TPSA) is 59.0 Å². The molecule has 0 spiro atoms. The summed E-state index contributed by atoms with van der Waals surface area (Å²) in [5.41, 5.74) is 1.82. The molecule has 0 radical (unpaired) electrons. The van der Waals surface area contributed by atoms with Gasteiger partial charge in [-0.3, -0.25) is 4.79 Å². The molecule has 2 aromatic heterocycles. The normalized spacial score (nSPS) is 11.0. The van der Waals surface area contributed by atoms with Gasteiger partial charge in [-0.05, 0) is 13.8 Å². The van der Waals surface area contributed by atoms with Gasteiger partial charge in [-0.15, -0.1) is 11.3 Å². The molecule has 6 heteroatoms. The minimum Gasteiger partial charge on any atom is -0.341 e. The lowest BCUT2D eigenvalue weighted by molar-refractivity contribution is -0.129. The first-order valence-corrected chi connectivity index (χ1v) is 8.16. The van der Waals surface area contributed by atoms with Gasteiger partial charge in [-0.2, -0.15) is 0 Å². The van der Waals surface area contributed by atoms with Crippen LogP contribution in [-0.4, -0.2) is 32.8 Å². The summed E-state index contributed by atoms with van der Waals surface area (Å²) in [7, 11) is 1.80. The molecule has 5 nitrogen and oxygen atoms in total. The SMILES string of the molecule is Cc1nc(CC(=O)N(C)Cc2cnc(C(C)C)nc2)c(C)s1. The van der Waals surface area contributed by atoms with E-state index < -0.39 is 0 Å². The van der Waals surface area contributed by atoms with Gasteiger partial charge >= 0.3 is 0 Å². The van der Waals surface area contributed by atoms with Crippen molar-refractivity contribution in [1.82, 2.24) is 19.9 Å². The first-order chi connectivity index (χ1) is 10.4. The van der Waals surface area contributed by atoms with Crippen molar-refractivity contribution in [2.75, 3.05) is 7.05 Å². The van der Waals surface area contributed by atoms with Gasteiger partial charge in [-0.25, -0.2) is 15.0 Å². The summed E-state index contributed by atoms with van der Waals surface area (Å²) in [4.78, 5) is 28.2. The van der Waals surface area contributed by atoms with Gasteiger partial charge in [0.05, 0.1) is 17.1 Å². The highest BCUT2D eigenvalue weighted by molar-refractivity contribution is 7.11. The van der Waals surface area contributed by atoms with Crippen molar-refractivity contribution < 1.29 is 4.79 Å². The second kappa shape index (κ2) is 6.96. The van der Waals surface area contributed by atoms with Crippen LogP contribution in [0.15, 0.2) is 12.4 Å². The van der Waals surface area contributed by atoms with Crippen LogP contribution in [0.3, 0.4) is 0 Å². The van der Waals surface area contributed by atoms with Crippen molar-refractivity contribution in [2.45, 2.75) is 46.6 Å². The van der Waals surface area contributed by atoms with Crippen LogP contribution in [0.5, 0.6) is 0 Å². The maximum atomic E-state index is 12.3. The number of nitrogens with zero attached hydrogens (tertiary/aromatic N) is 4. The van der Waals surface area contributed by atoms with Crippen LogP contribution < -0.4 is 0 Å². The lowest BCUT2D eigenvalue weighted by Crippen LogP contribution is -2.28. The molecule has 0 bridgehead atoms.